The Morgan fingerprint density at radius 3 is 1.33 bits per heavy atom. The van der Waals surface area contributed by atoms with Crippen LogP contribution in [0.25, 0.3) is 0 Å². The van der Waals surface area contributed by atoms with E-state index in [-0.39, 0.29) is 19.4 Å². The molecule has 0 aliphatic rings. The maximum Gasteiger partial charge on any atom is 0.472 e. The maximum atomic E-state index is 12.6. The summed E-state index contributed by atoms with van der Waals surface area (Å²) < 4.78 is 32.7. The molecule has 0 saturated carbocycles. The summed E-state index contributed by atoms with van der Waals surface area (Å²) in [5, 5.41) is 18.3. The van der Waals surface area contributed by atoms with Crippen molar-refractivity contribution in [3.8, 4) is 0 Å². The third-order valence-electron chi connectivity index (χ3n) is 9.58. The highest BCUT2D eigenvalue weighted by molar-refractivity contribution is 7.47. The summed E-state index contributed by atoms with van der Waals surface area (Å²) in [6.45, 7) is 2.36. The van der Waals surface area contributed by atoms with E-state index in [4.69, 9.17) is 19.1 Å². The Morgan fingerprint density at radius 2 is 0.891 bits per heavy atom. The lowest BCUT2D eigenvalue weighted by Gasteiger charge is -2.20. The van der Waals surface area contributed by atoms with Crippen LogP contribution in [-0.2, 0) is 32.7 Å². The van der Waals surface area contributed by atoms with E-state index in [1.165, 1.54) is 122 Å². The highest BCUT2D eigenvalue weighted by Crippen LogP contribution is 2.43. The molecule has 0 aliphatic heterocycles. The number of phosphoric acid groups is 1. The van der Waals surface area contributed by atoms with Crippen LogP contribution in [0, 0.1) is 0 Å². The minimum atomic E-state index is -4.62. The first kappa shape index (κ1) is 53.5. The summed E-state index contributed by atoms with van der Waals surface area (Å²) in [6.07, 6.45) is 40.0. The van der Waals surface area contributed by atoms with Gasteiger partial charge in [0, 0.05) is 12.8 Å². The Morgan fingerprint density at radius 1 is 0.527 bits per heavy atom. The summed E-state index contributed by atoms with van der Waals surface area (Å²) in [7, 11) is -4.62. The molecule has 0 radical (unpaired) electrons. The second kappa shape index (κ2) is 40.6. The first-order chi connectivity index (χ1) is 26.7. The van der Waals surface area contributed by atoms with E-state index in [1.54, 1.807) is 0 Å². The Balaban J connectivity index is 4.25. The monoisotopic (exact) mass is 803 g/mol. The van der Waals surface area contributed by atoms with Crippen molar-refractivity contribution in [2.24, 2.45) is 0 Å². The van der Waals surface area contributed by atoms with Gasteiger partial charge in [0.05, 0.1) is 19.8 Å². The molecule has 0 spiro atoms. The number of aliphatic hydroxyl groups excluding tert-OH is 2. The van der Waals surface area contributed by atoms with E-state index in [1.807, 2.05) is 0 Å². The van der Waals surface area contributed by atoms with Gasteiger partial charge in [-0.2, -0.15) is 0 Å². The van der Waals surface area contributed by atoms with Crippen LogP contribution in [-0.4, -0.2) is 65.7 Å². The topological polar surface area (TPSA) is 149 Å². The molecule has 0 aliphatic carbocycles. The summed E-state index contributed by atoms with van der Waals surface area (Å²) in [5.41, 5.74) is 0. The molecule has 10 nitrogen and oxygen atoms in total. The SMILES string of the molecule is CCCCCCCC/C=C/CCCCCCCCCCCC(=O)OC[C@@H](COP(=O)(O)OC[C@H](O)CO)OC(=O)CCCCC/C=C/CCCCCCCC. The predicted molar refractivity (Wildman–Crippen MR) is 224 cm³/mol. The average molecular weight is 803 g/mol. The summed E-state index contributed by atoms with van der Waals surface area (Å²) in [5.74, 6) is -0.940. The minimum absolute atomic E-state index is 0.165. The van der Waals surface area contributed by atoms with E-state index in [0.29, 0.717) is 12.8 Å². The molecule has 1 unspecified atom stereocenters. The predicted octanol–water partition coefficient (Wildman–Crippen LogP) is 11.8. The van der Waals surface area contributed by atoms with Crippen LogP contribution in [0.3, 0.4) is 0 Å². The smallest absolute Gasteiger partial charge is 0.462 e. The first-order valence-electron chi connectivity index (χ1n) is 22.3. The zero-order chi connectivity index (χ0) is 40.5. The lowest BCUT2D eigenvalue weighted by molar-refractivity contribution is -0.161. The van der Waals surface area contributed by atoms with Crippen LogP contribution in [0.1, 0.15) is 206 Å². The number of hydrogen-bond acceptors (Lipinski definition) is 9. The third-order valence-corrected chi connectivity index (χ3v) is 10.5. The van der Waals surface area contributed by atoms with E-state index in [0.717, 1.165) is 44.9 Å². The van der Waals surface area contributed by atoms with Gasteiger partial charge >= 0.3 is 19.8 Å². The van der Waals surface area contributed by atoms with Crippen molar-refractivity contribution in [3.05, 3.63) is 24.3 Å². The van der Waals surface area contributed by atoms with Gasteiger partial charge in [-0.1, -0.05) is 154 Å². The Bertz CT molecular complexity index is 972. The molecule has 0 bridgehead atoms. The molecular formula is C44H83O10P. The van der Waals surface area contributed by atoms with Crippen LogP contribution in [0.4, 0.5) is 0 Å². The molecule has 324 valence electrons. The molecule has 0 heterocycles. The second-order valence-corrected chi connectivity index (χ2v) is 16.5. The Labute approximate surface area is 336 Å². The number of unbranched alkanes of at least 4 members (excludes halogenated alkanes) is 24. The summed E-state index contributed by atoms with van der Waals surface area (Å²) in [6, 6.07) is 0. The van der Waals surface area contributed by atoms with Crippen LogP contribution < -0.4 is 0 Å². The molecule has 3 N–H and O–H groups in total. The fraction of sp³-hybridized carbons (Fsp3) is 0.864. The number of carbonyl (C=O) groups is 2. The van der Waals surface area contributed by atoms with Crippen LogP contribution in [0.5, 0.6) is 0 Å². The molecule has 0 fully saturated rings. The van der Waals surface area contributed by atoms with Crippen molar-refractivity contribution in [2.75, 3.05) is 26.4 Å². The largest absolute Gasteiger partial charge is 0.472 e. The molecular weight excluding hydrogens is 719 g/mol. The van der Waals surface area contributed by atoms with Gasteiger partial charge in [0.1, 0.15) is 12.7 Å². The molecule has 3 atom stereocenters. The van der Waals surface area contributed by atoms with Crippen LogP contribution in [0.2, 0.25) is 0 Å². The van der Waals surface area contributed by atoms with Crippen molar-refractivity contribution in [3.63, 3.8) is 0 Å². The van der Waals surface area contributed by atoms with Crippen molar-refractivity contribution < 1.29 is 47.8 Å². The number of esters is 2. The van der Waals surface area contributed by atoms with Crippen molar-refractivity contribution in [2.45, 2.75) is 219 Å². The quantitative estimate of drug-likeness (QED) is 0.0236. The van der Waals surface area contributed by atoms with Crippen molar-refractivity contribution in [1.29, 1.82) is 0 Å². The highest BCUT2D eigenvalue weighted by atomic mass is 31.2. The lowest BCUT2D eigenvalue weighted by atomic mass is 10.1. The van der Waals surface area contributed by atoms with Gasteiger partial charge in [0.2, 0.25) is 0 Å². The number of aliphatic hydroxyl groups is 2. The Kier molecular flexibility index (Phi) is 39.5. The molecule has 0 aromatic rings. The average Bonchev–Trinajstić information content (AvgIpc) is 3.17. The Hall–Kier alpha value is -1.55. The van der Waals surface area contributed by atoms with Crippen molar-refractivity contribution >= 4 is 19.8 Å². The number of allylic oxidation sites excluding steroid dienone is 4. The minimum Gasteiger partial charge on any atom is -0.462 e. The number of rotatable bonds is 42. The molecule has 0 saturated heterocycles. The lowest BCUT2D eigenvalue weighted by Crippen LogP contribution is -2.29. The third kappa shape index (κ3) is 40.4. The van der Waals surface area contributed by atoms with E-state index >= 15 is 0 Å². The zero-order valence-electron chi connectivity index (χ0n) is 35.2. The number of ether oxygens (including phenoxy) is 2. The normalized spacial score (nSPS) is 14.1. The zero-order valence-corrected chi connectivity index (χ0v) is 36.0. The van der Waals surface area contributed by atoms with E-state index < -0.39 is 51.8 Å². The van der Waals surface area contributed by atoms with Gasteiger partial charge in [0.15, 0.2) is 6.10 Å². The number of carbonyl (C=O) groups excluding carboxylic acids is 2. The van der Waals surface area contributed by atoms with Gasteiger partial charge in [-0.3, -0.25) is 18.6 Å². The molecule has 0 amide bonds. The van der Waals surface area contributed by atoms with E-state index in [2.05, 4.69) is 42.7 Å². The van der Waals surface area contributed by atoms with Crippen molar-refractivity contribution in [1.82, 2.24) is 0 Å². The fourth-order valence-corrected chi connectivity index (χ4v) is 6.89. The van der Waals surface area contributed by atoms with Gasteiger partial charge in [-0.15, -0.1) is 0 Å². The van der Waals surface area contributed by atoms with Crippen LogP contribution in [0.15, 0.2) is 24.3 Å². The van der Waals surface area contributed by atoms with Crippen LogP contribution >= 0.6 is 7.82 Å². The van der Waals surface area contributed by atoms with Gasteiger partial charge in [-0.25, -0.2) is 4.57 Å². The number of hydrogen-bond donors (Lipinski definition) is 3. The van der Waals surface area contributed by atoms with Gasteiger partial charge < -0.3 is 24.6 Å². The molecule has 0 aromatic carbocycles. The van der Waals surface area contributed by atoms with Gasteiger partial charge in [-0.05, 0) is 64.2 Å². The summed E-state index contributed by atoms with van der Waals surface area (Å²) in [4.78, 5) is 35.0. The number of phosphoric ester groups is 1. The molecule has 55 heavy (non-hydrogen) atoms. The molecule has 11 heteroatoms. The molecule has 0 aromatic heterocycles. The molecule has 0 rings (SSSR count). The van der Waals surface area contributed by atoms with E-state index in [9.17, 15) is 24.2 Å². The van der Waals surface area contributed by atoms with Gasteiger partial charge in [0.25, 0.3) is 0 Å². The highest BCUT2D eigenvalue weighted by Gasteiger charge is 2.27. The first-order valence-corrected chi connectivity index (χ1v) is 23.8. The standard InChI is InChI=1S/C44H83O10P/c1-3-5-7-9-11-13-15-17-18-19-20-21-22-24-25-27-29-31-33-35-43(47)51-39-42(40-53-55(49,50)52-38-41(46)37-45)54-44(48)36-34-32-30-28-26-23-16-14-12-10-8-6-4-2/h17-18,23,26,41-42,45-46H,3-16,19-22,24-25,27-40H2,1-2H3,(H,49,50)/b18-17+,26-23+/t41-,42+/m1/s1. The fourth-order valence-electron chi connectivity index (χ4n) is 6.10. The maximum absolute atomic E-state index is 12.6. The second-order valence-electron chi connectivity index (χ2n) is 15.1. The summed E-state index contributed by atoms with van der Waals surface area (Å²) >= 11 is 0.